The normalized spacial score (nSPS) is 20.6. The Morgan fingerprint density at radius 3 is 2.35 bits per heavy atom. The molecule has 2 heterocycles. The Morgan fingerprint density at radius 1 is 1.05 bits per heavy atom. The van der Waals surface area contributed by atoms with Crippen LogP contribution in [0.5, 0.6) is 0 Å². The van der Waals surface area contributed by atoms with E-state index in [0.717, 1.165) is 24.2 Å². The standard InChI is InChI=1S/C26H33N5O5S/c1-4-26(19-11-7-5-8-12-19)24(33)31(25(34)28-26)18-23(32)27-21-17-20(13-14-22(21)29(2)3)37(35,36)30-15-9-6-10-16-30/h5,7-8,11-14,17H,4,6,9-10,15-16,18H2,1-3H3,(H,27,32)(H,28,34)/t26-/m1/s1. The third kappa shape index (κ3) is 5.05. The van der Waals surface area contributed by atoms with Crippen LogP contribution >= 0.6 is 0 Å². The molecule has 37 heavy (non-hydrogen) atoms. The molecular weight excluding hydrogens is 494 g/mol. The topological polar surface area (TPSA) is 119 Å². The molecule has 0 bridgehead atoms. The maximum atomic E-state index is 13.4. The zero-order chi connectivity index (χ0) is 26.8. The molecule has 0 aliphatic carbocycles. The van der Waals surface area contributed by atoms with E-state index in [-0.39, 0.29) is 10.6 Å². The molecule has 2 aromatic rings. The van der Waals surface area contributed by atoms with Crippen LogP contribution in [0.4, 0.5) is 16.2 Å². The Kier molecular flexibility index (Phi) is 7.56. The fourth-order valence-corrected chi connectivity index (χ4v) is 6.43. The lowest BCUT2D eigenvalue weighted by atomic mass is 9.87. The van der Waals surface area contributed by atoms with Gasteiger partial charge in [0.15, 0.2) is 0 Å². The van der Waals surface area contributed by atoms with Gasteiger partial charge < -0.3 is 15.5 Å². The van der Waals surface area contributed by atoms with Crippen molar-refractivity contribution >= 4 is 39.2 Å². The maximum Gasteiger partial charge on any atom is 0.325 e. The van der Waals surface area contributed by atoms with Gasteiger partial charge in [-0.3, -0.25) is 14.5 Å². The molecule has 0 unspecified atom stereocenters. The highest BCUT2D eigenvalue weighted by Gasteiger charge is 2.51. The first-order valence-corrected chi connectivity index (χ1v) is 13.8. The molecule has 2 aromatic carbocycles. The average Bonchev–Trinajstić information content (AvgIpc) is 3.14. The molecule has 0 saturated carbocycles. The summed E-state index contributed by atoms with van der Waals surface area (Å²) in [4.78, 5) is 41.9. The Hall–Kier alpha value is -3.44. The van der Waals surface area contributed by atoms with Crippen LogP contribution in [-0.4, -0.2) is 69.2 Å². The number of carbonyl (C=O) groups is 3. The van der Waals surface area contributed by atoms with E-state index in [9.17, 15) is 22.8 Å². The number of piperidine rings is 1. The van der Waals surface area contributed by atoms with Crippen molar-refractivity contribution in [3.05, 3.63) is 54.1 Å². The molecule has 1 atom stereocenters. The highest BCUT2D eigenvalue weighted by Crippen LogP contribution is 2.33. The lowest BCUT2D eigenvalue weighted by Gasteiger charge is -2.27. The average molecular weight is 528 g/mol. The molecule has 2 aliphatic rings. The smallest absolute Gasteiger partial charge is 0.325 e. The Morgan fingerprint density at radius 2 is 1.73 bits per heavy atom. The van der Waals surface area contributed by atoms with E-state index in [1.807, 2.05) is 6.07 Å². The molecular formula is C26H33N5O5S. The van der Waals surface area contributed by atoms with Crippen LogP contribution in [0.3, 0.4) is 0 Å². The molecule has 0 aromatic heterocycles. The number of benzene rings is 2. The Balaban J connectivity index is 1.57. The number of rotatable bonds is 8. The summed E-state index contributed by atoms with van der Waals surface area (Å²) < 4.78 is 27.9. The van der Waals surface area contributed by atoms with Crippen molar-refractivity contribution in [1.82, 2.24) is 14.5 Å². The van der Waals surface area contributed by atoms with Crippen LogP contribution in [0.2, 0.25) is 0 Å². The molecule has 10 nitrogen and oxygen atoms in total. The van der Waals surface area contributed by atoms with Crippen molar-refractivity contribution in [2.75, 3.05) is 43.9 Å². The van der Waals surface area contributed by atoms with Crippen molar-refractivity contribution in [3.8, 4) is 0 Å². The SMILES string of the molecule is CC[C@]1(c2ccccc2)NC(=O)N(CC(=O)Nc2cc(S(=O)(=O)N3CCCCC3)ccc2N(C)C)C1=O. The minimum absolute atomic E-state index is 0.0827. The van der Waals surface area contributed by atoms with E-state index < -0.39 is 40.0 Å². The second kappa shape index (κ2) is 10.5. The largest absolute Gasteiger partial charge is 0.376 e. The summed E-state index contributed by atoms with van der Waals surface area (Å²) >= 11 is 0. The number of anilines is 2. The second-order valence-electron chi connectivity index (χ2n) is 9.53. The summed E-state index contributed by atoms with van der Waals surface area (Å²) in [5.41, 5.74) is 0.278. The Labute approximate surface area is 217 Å². The van der Waals surface area contributed by atoms with Gasteiger partial charge in [0.1, 0.15) is 12.1 Å². The molecule has 2 N–H and O–H groups in total. The van der Waals surface area contributed by atoms with Gasteiger partial charge in [-0.25, -0.2) is 13.2 Å². The van der Waals surface area contributed by atoms with E-state index in [1.165, 1.54) is 16.4 Å². The van der Waals surface area contributed by atoms with Crippen LogP contribution in [0.1, 0.15) is 38.2 Å². The Bertz CT molecular complexity index is 1290. The number of nitrogens with one attached hydrogen (secondary N) is 2. The van der Waals surface area contributed by atoms with Crippen molar-refractivity contribution in [2.45, 2.75) is 43.0 Å². The highest BCUT2D eigenvalue weighted by molar-refractivity contribution is 7.89. The van der Waals surface area contributed by atoms with E-state index in [1.54, 1.807) is 56.3 Å². The summed E-state index contributed by atoms with van der Waals surface area (Å²) in [5.74, 6) is -1.12. The number of hydrogen-bond donors (Lipinski definition) is 2. The number of nitrogens with zero attached hydrogens (tertiary/aromatic N) is 3. The van der Waals surface area contributed by atoms with Crippen LogP contribution in [-0.2, 0) is 25.2 Å². The fourth-order valence-electron chi connectivity index (χ4n) is 4.89. The number of imide groups is 1. The van der Waals surface area contributed by atoms with Gasteiger partial charge >= 0.3 is 6.03 Å². The summed E-state index contributed by atoms with van der Waals surface area (Å²) in [6, 6.07) is 12.9. The maximum absolute atomic E-state index is 13.4. The predicted molar refractivity (Wildman–Crippen MR) is 141 cm³/mol. The summed E-state index contributed by atoms with van der Waals surface area (Å²) in [6.07, 6.45) is 2.94. The number of urea groups is 1. The van der Waals surface area contributed by atoms with Crippen molar-refractivity contribution in [2.24, 2.45) is 0 Å². The monoisotopic (exact) mass is 527 g/mol. The molecule has 2 aliphatic heterocycles. The molecule has 0 radical (unpaired) electrons. The van der Waals surface area contributed by atoms with Gasteiger partial charge in [0, 0.05) is 27.2 Å². The fraction of sp³-hybridized carbons (Fsp3) is 0.423. The summed E-state index contributed by atoms with van der Waals surface area (Å²) in [5, 5.41) is 5.48. The quantitative estimate of drug-likeness (QED) is 0.510. The third-order valence-electron chi connectivity index (χ3n) is 6.95. The number of carbonyl (C=O) groups excluding carboxylic acids is 3. The van der Waals surface area contributed by atoms with Crippen molar-refractivity contribution in [1.29, 1.82) is 0 Å². The van der Waals surface area contributed by atoms with Gasteiger partial charge in [0.05, 0.1) is 16.3 Å². The number of amides is 4. The highest BCUT2D eigenvalue weighted by atomic mass is 32.2. The molecule has 11 heteroatoms. The summed E-state index contributed by atoms with van der Waals surface area (Å²) in [6.45, 7) is 2.22. The number of sulfonamides is 1. The molecule has 0 spiro atoms. The molecule has 2 fully saturated rings. The van der Waals surface area contributed by atoms with Gasteiger partial charge in [-0.05, 0) is 43.0 Å². The van der Waals surface area contributed by atoms with E-state index in [4.69, 9.17) is 0 Å². The molecule has 198 valence electrons. The van der Waals surface area contributed by atoms with Gasteiger partial charge in [-0.1, -0.05) is 43.7 Å². The van der Waals surface area contributed by atoms with Crippen LogP contribution < -0.4 is 15.5 Å². The van der Waals surface area contributed by atoms with Crippen LogP contribution in [0.15, 0.2) is 53.4 Å². The second-order valence-corrected chi connectivity index (χ2v) is 11.5. The lowest BCUT2D eigenvalue weighted by Crippen LogP contribution is -2.44. The van der Waals surface area contributed by atoms with Gasteiger partial charge in [-0.15, -0.1) is 0 Å². The minimum Gasteiger partial charge on any atom is -0.376 e. The van der Waals surface area contributed by atoms with E-state index >= 15 is 0 Å². The third-order valence-corrected chi connectivity index (χ3v) is 8.85. The van der Waals surface area contributed by atoms with Gasteiger partial charge in [0.25, 0.3) is 5.91 Å². The molecule has 2 saturated heterocycles. The first kappa shape index (κ1) is 26.6. The van der Waals surface area contributed by atoms with E-state index in [0.29, 0.717) is 30.8 Å². The van der Waals surface area contributed by atoms with Crippen molar-refractivity contribution in [3.63, 3.8) is 0 Å². The minimum atomic E-state index is -3.72. The first-order valence-electron chi connectivity index (χ1n) is 12.4. The summed E-state index contributed by atoms with van der Waals surface area (Å²) in [7, 11) is -0.168. The number of hydrogen-bond acceptors (Lipinski definition) is 6. The zero-order valence-electron chi connectivity index (χ0n) is 21.4. The zero-order valence-corrected chi connectivity index (χ0v) is 22.2. The van der Waals surface area contributed by atoms with Gasteiger partial charge in [-0.2, -0.15) is 4.31 Å². The van der Waals surface area contributed by atoms with Gasteiger partial charge in [0.2, 0.25) is 15.9 Å². The molecule has 4 amide bonds. The van der Waals surface area contributed by atoms with Crippen LogP contribution in [0, 0.1) is 0 Å². The predicted octanol–water partition coefficient (Wildman–Crippen LogP) is 2.72. The van der Waals surface area contributed by atoms with Crippen molar-refractivity contribution < 1.29 is 22.8 Å². The molecule has 4 rings (SSSR count). The lowest BCUT2D eigenvalue weighted by molar-refractivity contribution is -0.134. The van der Waals surface area contributed by atoms with E-state index in [2.05, 4.69) is 10.6 Å². The van der Waals surface area contributed by atoms with Crippen LogP contribution in [0.25, 0.3) is 0 Å². The first-order chi connectivity index (χ1) is 17.6.